The molecule has 0 bridgehead atoms. The highest BCUT2D eigenvalue weighted by molar-refractivity contribution is 5.94. The molecular formula is C45H33NO8. The van der Waals surface area contributed by atoms with Crippen LogP contribution in [0.2, 0.25) is 0 Å². The number of hydrogen-bond donors (Lipinski definition) is 6. The van der Waals surface area contributed by atoms with E-state index in [-0.39, 0.29) is 6.61 Å². The number of rotatable bonds is 11. The lowest BCUT2D eigenvalue weighted by Crippen LogP contribution is -2.60. The first-order chi connectivity index (χ1) is 26.4. The summed E-state index contributed by atoms with van der Waals surface area (Å²) >= 11 is 0. The Morgan fingerprint density at radius 2 is 1.19 bits per heavy atom. The van der Waals surface area contributed by atoms with Crippen molar-refractivity contribution in [2.24, 2.45) is 0 Å². The number of hydrogen-bond acceptors (Lipinski definition) is 8. The molecule has 1 fully saturated rings. The maximum atomic E-state index is 12.6. The van der Waals surface area contributed by atoms with Gasteiger partial charge in [0.25, 0.3) is 5.91 Å². The molecule has 266 valence electrons. The summed E-state index contributed by atoms with van der Waals surface area (Å²) in [4.78, 5) is 12.6. The number of aliphatic hydroxyl groups excluding tert-OH is 5. The average Bonchev–Trinajstić information content (AvgIpc) is 3.18. The number of amides is 1. The second-order valence-corrected chi connectivity index (χ2v) is 10.5. The molecule has 9 heteroatoms. The van der Waals surface area contributed by atoms with Crippen LogP contribution in [0.25, 0.3) is 0 Å². The molecule has 0 aromatic heterocycles. The zero-order valence-electron chi connectivity index (χ0n) is 29.1. The van der Waals surface area contributed by atoms with Crippen LogP contribution in [0.15, 0.2) is 30.3 Å². The SMILES string of the molecule is CC#CC#CC#CC#CC#CC#CC#CC#CC#CC#CC#CC#CC(=O)N[C@@H](CO[C@@H]1OC(CO)[C@H](O)C(O)[C@H]1O)[C@H](O)CCCCc1ccccc1. The largest absolute Gasteiger partial charge is 0.394 e. The van der Waals surface area contributed by atoms with E-state index in [0.717, 1.165) is 18.4 Å². The number of carbonyl (C=O) groups is 1. The summed E-state index contributed by atoms with van der Waals surface area (Å²) in [5, 5.41) is 53.3. The number of ether oxygens (including phenoxy) is 2. The van der Waals surface area contributed by atoms with Gasteiger partial charge in [0.05, 0.1) is 25.4 Å². The predicted octanol–water partition coefficient (Wildman–Crippen LogP) is -0.878. The van der Waals surface area contributed by atoms with Gasteiger partial charge in [-0.05, 0) is 126 Å². The maximum Gasteiger partial charge on any atom is 0.297 e. The zero-order chi connectivity index (χ0) is 39.1. The van der Waals surface area contributed by atoms with E-state index < -0.39 is 55.4 Å². The van der Waals surface area contributed by atoms with Crippen molar-refractivity contribution < 1.29 is 39.8 Å². The van der Waals surface area contributed by atoms with E-state index >= 15 is 0 Å². The van der Waals surface area contributed by atoms with Gasteiger partial charge in [0.1, 0.15) is 24.4 Å². The van der Waals surface area contributed by atoms with Crippen molar-refractivity contribution in [1.29, 1.82) is 0 Å². The minimum absolute atomic E-state index is 0.306. The number of benzene rings is 1. The Morgan fingerprint density at radius 3 is 1.67 bits per heavy atom. The van der Waals surface area contributed by atoms with Crippen LogP contribution in [0.3, 0.4) is 0 Å². The third-order valence-electron chi connectivity index (χ3n) is 6.74. The van der Waals surface area contributed by atoms with Gasteiger partial charge < -0.3 is 40.3 Å². The first-order valence-electron chi connectivity index (χ1n) is 16.2. The molecule has 6 N–H and O–H groups in total. The van der Waals surface area contributed by atoms with Crippen LogP contribution in [0.1, 0.15) is 31.7 Å². The smallest absolute Gasteiger partial charge is 0.297 e. The Bertz CT molecular complexity index is 2230. The second-order valence-electron chi connectivity index (χ2n) is 10.5. The summed E-state index contributed by atoms with van der Waals surface area (Å²) < 4.78 is 11.0. The standard InChI is InChI=1S/C45H33NO8/c1-2-3-4-5-6-7-8-9-10-11-12-13-14-15-16-17-18-19-20-21-22-23-27-34-41(49)46-38(39(48)33-29-28-32-37-30-25-24-26-31-37)36-53-45-44(52)43(51)42(50)40(35-47)54-45/h24-26,30-31,38-40,42-45,47-48,50-52H,28-29,32-33,35-36H2,1H3,(H,46,49)/t38-,39+,40?,42-,43?,44+,45+/m0/s1. The second kappa shape index (κ2) is 27.8. The van der Waals surface area contributed by atoms with Gasteiger partial charge in [-0.15, -0.1) is 0 Å². The lowest BCUT2D eigenvalue weighted by Gasteiger charge is -2.40. The summed E-state index contributed by atoms with van der Waals surface area (Å²) in [5.41, 5.74) is 1.16. The monoisotopic (exact) mass is 715 g/mol. The molecule has 1 aliphatic rings. The lowest BCUT2D eigenvalue weighted by atomic mass is 9.99. The van der Waals surface area contributed by atoms with Crippen molar-refractivity contribution in [3.8, 4) is 142 Å². The van der Waals surface area contributed by atoms with Crippen LogP contribution < -0.4 is 5.32 Å². The van der Waals surface area contributed by atoms with Crippen molar-refractivity contribution in [1.82, 2.24) is 5.32 Å². The first kappa shape index (κ1) is 43.3. The summed E-state index contributed by atoms with van der Waals surface area (Å²) in [6, 6.07) is 8.87. The Hall–Kier alpha value is -6.87. The number of nitrogens with one attached hydrogen (secondary N) is 1. The summed E-state index contributed by atoms with van der Waals surface area (Å²) in [7, 11) is 0. The highest BCUT2D eigenvalue weighted by Crippen LogP contribution is 2.22. The summed E-state index contributed by atoms with van der Waals surface area (Å²) in [6.07, 6.45) is -6.03. The van der Waals surface area contributed by atoms with Gasteiger partial charge in [-0.2, -0.15) is 0 Å². The number of aliphatic hydroxyl groups is 5. The number of aryl methyl sites for hydroxylation is 1. The van der Waals surface area contributed by atoms with Crippen LogP contribution in [-0.4, -0.2) is 87.5 Å². The molecule has 1 aromatic carbocycles. The first-order valence-corrected chi connectivity index (χ1v) is 16.2. The van der Waals surface area contributed by atoms with Gasteiger partial charge in [0.2, 0.25) is 0 Å². The number of unbranched alkanes of at least 4 members (excludes halogenated alkanes) is 1. The third kappa shape index (κ3) is 18.9. The number of carbonyl (C=O) groups excluding carboxylic acids is 1. The summed E-state index contributed by atoms with van der Waals surface area (Å²) in [6.45, 7) is 0.695. The molecule has 9 nitrogen and oxygen atoms in total. The van der Waals surface area contributed by atoms with E-state index in [0.29, 0.717) is 12.8 Å². The molecule has 2 rings (SSSR count). The van der Waals surface area contributed by atoms with Crippen LogP contribution in [0, 0.1) is 142 Å². The minimum atomic E-state index is -1.65. The van der Waals surface area contributed by atoms with Crippen molar-refractivity contribution >= 4 is 5.91 Å². The van der Waals surface area contributed by atoms with E-state index in [9.17, 15) is 30.3 Å². The van der Waals surface area contributed by atoms with Gasteiger partial charge >= 0.3 is 0 Å². The normalized spacial score (nSPS) is 17.7. The fraction of sp³-hybridized carbons (Fsp3) is 0.311. The third-order valence-corrected chi connectivity index (χ3v) is 6.74. The molecular weight excluding hydrogens is 682 g/mol. The van der Waals surface area contributed by atoms with Crippen molar-refractivity contribution in [2.75, 3.05) is 13.2 Å². The van der Waals surface area contributed by atoms with Crippen molar-refractivity contribution in [3.05, 3.63) is 35.9 Å². The van der Waals surface area contributed by atoms with Gasteiger partial charge in [-0.3, -0.25) is 4.79 Å². The minimum Gasteiger partial charge on any atom is -0.394 e. The van der Waals surface area contributed by atoms with Gasteiger partial charge in [-0.1, -0.05) is 42.7 Å². The van der Waals surface area contributed by atoms with E-state index in [1.165, 1.54) is 0 Å². The van der Waals surface area contributed by atoms with Crippen LogP contribution in [-0.2, 0) is 20.7 Å². The molecule has 0 saturated carbocycles. The molecule has 54 heavy (non-hydrogen) atoms. The Morgan fingerprint density at radius 1 is 0.704 bits per heavy atom. The van der Waals surface area contributed by atoms with Crippen LogP contribution in [0.5, 0.6) is 0 Å². The molecule has 2 unspecified atom stereocenters. The molecule has 0 aliphatic carbocycles. The molecule has 0 radical (unpaired) electrons. The highest BCUT2D eigenvalue weighted by atomic mass is 16.7. The van der Waals surface area contributed by atoms with Crippen molar-refractivity contribution in [3.63, 3.8) is 0 Å². The maximum absolute atomic E-state index is 12.6. The Labute approximate surface area is 317 Å². The Kier molecular flexibility index (Phi) is 22.3. The molecule has 1 aromatic rings. The van der Waals surface area contributed by atoms with Gasteiger partial charge in [-0.25, -0.2) is 0 Å². The Balaban J connectivity index is 1.92. The van der Waals surface area contributed by atoms with E-state index in [1.54, 1.807) is 6.92 Å². The fourth-order valence-electron chi connectivity index (χ4n) is 4.16. The molecule has 7 atom stereocenters. The van der Waals surface area contributed by atoms with Gasteiger partial charge in [0, 0.05) is 41.4 Å². The zero-order valence-corrected chi connectivity index (χ0v) is 29.1. The molecule has 0 spiro atoms. The fourth-order valence-corrected chi connectivity index (χ4v) is 4.16. The molecule has 1 amide bonds. The van der Waals surface area contributed by atoms with E-state index in [2.05, 4.69) is 147 Å². The quantitative estimate of drug-likeness (QED) is 0.128. The van der Waals surface area contributed by atoms with E-state index in [4.69, 9.17) is 9.47 Å². The molecule has 1 aliphatic heterocycles. The van der Waals surface area contributed by atoms with Crippen LogP contribution in [0.4, 0.5) is 0 Å². The van der Waals surface area contributed by atoms with E-state index in [1.807, 2.05) is 30.3 Å². The average molecular weight is 716 g/mol. The van der Waals surface area contributed by atoms with Gasteiger partial charge in [0.15, 0.2) is 6.29 Å². The predicted molar refractivity (Wildman–Crippen MR) is 201 cm³/mol. The van der Waals surface area contributed by atoms with Crippen molar-refractivity contribution in [2.45, 2.75) is 75.5 Å². The topological polar surface area (TPSA) is 149 Å². The highest BCUT2D eigenvalue weighted by Gasteiger charge is 2.44. The molecule has 1 heterocycles. The van der Waals surface area contributed by atoms with Crippen LogP contribution >= 0.6 is 0 Å². The lowest BCUT2D eigenvalue weighted by molar-refractivity contribution is -0.302. The molecule has 1 saturated heterocycles. The summed E-state index contributed by atoms with van der Waals surface area (Å²) in [5.74, 6) is 58.6.